The van der Waals surface area contributed by atoms with Gasteiger partial charge in [-0.1, -0.05) is 6.92 Å². The van der Waals surface area contributed by atoms with Crippen LogP contribution in [0.3, 0.4) is 0 Å². The third-order valence-corrected chi connectivity index (χ3v) is 5.08. The molecule has 1 aliphatic rings. The van der Waals surface area contributed by atoms with E-state index >= 15 is 0 Å². The lowest BCUT2D eigenvalue weighted by atomic mass is 10.0. The molecule has 1 aliphatic heterocycles. The molecular weight excluding hydrogens is 350 g/mol. The van der Waals surface area contributed by atoms with E-state index in [1.807, 2.05) is 13.1 Å². The summed E-state index contributed by atoms with van der Waals surface area (Å²) >= 11 is 0. The summed E-state index contributed by atoms with van der Waals surface area (Å²) in [6.45, 7) is 5.85. The first-order valence-electron chi connectivity index (χ1n) is 9.35. The van der Waals surface area contributed by atoms with Gasteiger partial charge >= 0.3 is 0 Å². The first-order chi connectivity index (χ1) is 13.0. The van der Waals surface area contributed by atoms with Crippen LogP contribution in [-0.4, -0.2) is 36.2 Å². The number of nitrogens with one attached hydrogen (secondary N) is 1. The quantitative estimate of drug-likeness (QED) is 0.838. The molecule has 2 aromatic rings. The van der Waals surface area contributed by atoms with Gasteiger partial charge in [-0.05, 0) is 38.3 Å². The van der Waals surface area contributed by atoms with Crippen molar-refractivity contribution >= 4 is 5.82 Å². The zero-order chi connectivity index (χ0) is 19.4. The van der Waals surface area contributed by atoms with Gasteiger partial charge in [-0.25, -0.2) is 18.7 Å². The third-order valence-electron chi connectivity index (χ3n) is 5.08. The molecule has 0 spiro atoms. The van der Waals surface area contributed by atoms with Crippen LogP contribution in [0.5, 0.6) is 5.75 Å². The Bertz CT molecular complexity index is 792. The maximum atomic E-state index is 14.3. The van der Waals surface area contributed by atoms with E-state index in [2.05, 4.69) is 27.1 Å². The highest BCUT2D eigenvalue weighted by Gasteiger charge is 2.23. The molecule has 1 aromatic heterocycles. The normalized spacial score (nSPS) is 15.2. The maximum Gasteiger partial charge on any atom is 0.172 e. The minimum atomic E-state index is -0.633. The number of halogens is 2. The van der Waals surface area contributed by atoms with E-state index in [0.29, 0.717) is 0 Å². The van der Waals surface area contributed by atoms with Crippen LogP contribution in [0.1, 0.15) is 36.7 Å². The number of aryl methyl sites for hydroxylation is 2. The van der Waals surface area contributed by atoms with Crippen molar-refractivity contribution in [2.75, 3.05) is 25.1 Å². The summed E-state index contributed by atoms with van der Waals surface area (Å²) in [5.74, 6) is 0.655. The minimum Gasteiger partial charge on any atom is -0.494 e. The topological polar surface area (TPSA) is 50.3 Å². The summed E-state index contributed by atoms with van der Waals surface area (Å²) in [4.78, 5) is 11.2. The van der Waals surface area contributed by atoms with Gasteiger partial charge in [0.2, 0.25) is 0 Å². The number of piperidine rings is 1. The Labute approximate surface area is 158 Å². The molecule has 0 atom stereocenters. The summed E-state index contributed by atoms with van der Waals surface area (Å²) in [6.07, 6.45) is 4.57. The van der Waals surface area contributed by atoms with Gasteiger partial charge in [-0.2, -0.15) is 0 Å². The highest BCUT2D eigenvalue weighted by Crippen LogP contribution is 2.25. The molecule has 1 fully saturated rings. The Hall–Kier alpha value is -2.28. The van der Waals surface area contributed by atoms with E-state index < -0.39 is 11.6 Å². The Kier molecular flexibility index (Phi) is 6.21. The molecule has 3 rings (SSSR count). The van der Waals surface area contributed by atoms with E-state index in [9.17, 15) is 8.78 Å². The average Bonchev–Trinajstić information content (AvgIpc) is 2.68. The molecule has 7 heteroatoms. The molecule has 0 aliphatic carbocycles. The molecule has 1 saturated heterocycles. The molecule has 1 aromatic carbocycles. The first kappa shape index (κ1) is 19.5. The number of hydrogen-bond acceptors (Lipinski definition) is 5. The van der Waals surface area contributed by atoms with Gasteiger partial charge < -0.3 is 15.0 Å². The smallest absolute Gasteiger partial charge is 0.172 e. The van der Waals surface area contributed by atoms with Gasteiger partial charge in [0.1, 0.15) is 17.5 Å². The molecule has 2 heterocycles. The van der Waals surface area contributed by atoms with Crippen molar-refractivity contribution in [1.29, 1.82) is 0 Å². The van der Waals surface area contributed by atoms with Crippen LogP contribution in [0.15, 0.2) is 18.3 Å². The van der Waals surface area contributed by atoms with Crippen molar-refractivity contribution in [1.82, 2.24) is 15.3 Å². The molecule has 0 unspecified atom stereocenters. The molecular formula is C20H26F2N4O. The molecule has 5 nitrogen and oxygen atoms in total. The largest absolute Gasteiger partial charge is 0.494 e. The molecule has 0 bridgehead atoms. The van der Waals surface area contributed by atoms with Crippen molar-refractivity contribution in [2.45, 2.75) is 45.7 Å². The van der Waals surface area contributed by atoms with Gasteiger partial charge in [0.25, 0.3) is 0 Å². The summed E-state index contributed by atoms with van der Waals surface area (Å²) in [5.41, 5.74) is 1.17. The number of rotatable bonds is 6. The predicted molar refractivity (Wildman–Crippen MR) is 101 cm³/mol. The van der Waals surface area contributed by atoms with E-state index in [0.717, 1.165) is 49.6 Å². The number of anilines is 1. The van der Waals surface area contributed by atoms with Crippen molar-refractivity contribution in [3.05, 3.63) is 46.9 Å². The summed E-state index contributed by atoms with van der Waals surface area (Å²) in [7, 11) is 1.38. The summed E-state index contributed by atoms with van der Waals surface area (Å²) in [6, 6.07) is 2.76. The Morgan fingerprint density at radius 1 is 1.26 bits per heavy atom. The number of nitrogens with zero attached hydrogens (tertiary/aromatic N) is 3. The van der Waals surface area contributed by atoms with E-state index in [-0.39, 0.29) is 23.9 Å². The fourth-order valence-electron chi connectivity index (χ4n) is 3.44. The minimum absolute atomic E-state index is 0.0245. The van der Waals surface area contributed by atoms with E-state index in [1.54, 1.807) is 0 Å². The second-order valence-corrected chi connectivity index (χ2v) is 6.80. The Morgan fingerprint density at radius 3 is 2.67 bits per heavy atom. The van der Waals surface area contributed by atoms with Crippen LogP contribution >= 0.6 is 0 Å². The van der Waals surface area contributed by atoms with Crippen LogP contribution in [0.25, 0.3) is 0 Å². The number of hydrogen-bond donors (Lipinski definition) is 1. The second kappa shape index (κ2) is 8.61. The van der Waals surface area contributed by atoms with Crippen molar-refractivity contribution in [3.8, 4) is 5.75 Å². The van der Waals surface area contributed by atoms with Crippen molar-refractivity contribution in [2.24, 2.45) is 0 Å². The van der Waals surface area contributed by atoms with Crippen LogP contribution in [0, 0.1) is 18.6 Å². The summed E-state index contributed by atoms with van der Waals surface area (Å²) < 4.78 is 33.2. The van der Waals surface area contributed by atoms with E-state index in [1.165, 1.54) is 19.2 Å². The van der Waals surface area contributed by atoms with Crippen LogP contribution in [0.2, 0.25) is 0 Å². The molecule has 27 heavy (non-hydrogen) atoms. The number of methoxy groups -OCH3 is 1. The van der Waals surface area contributed by atoms with Gasteiger partial charge in [0, 0.05) is 43.0 Å². The first-order valence-corrected chi connectivity index (χ1v) is 9.35. The van der Waals surface area contributed by atoms with Crippen molar-refractivity contribution in [3.63, 3.8) is 0 Å². The number of ether oxygens (including phenoxy) is 1. The van der Waals surface area contributed by atoms with Crippen LogP contribution in [-0.2, 0) is 13.0 Å². The zero-order valence-corrected chi connectivity index (χ0v) is 16.1. The zero-order valence-electron chi connectivity index (χ0n) is 16.1. The standard InChI is InChI=1S/C20H26F2N4O/c1-4-14-11-23-13(2)25-20(14)26-9-7-15(8-10-26)24-12-16-17(21)5-6-18(27-3)19(16)22/h5-6,11,15,24H,4,7-10,12H2,1-3H3. The Morgan fingerprint density at radius 2 is 2.00 bits per heavy atom. The highest BCUT2D eigenvalue weighted by molar-refractivity contribution is 5.46. The van der Waals surface area contributed by atoms with Gasteiger partial charge in [0.05, 0.1) is 7.11 Å². The maximum absolute atomic E-state index is 14.3. The van der Waals surface area contributed by atoms with Crippen LogP contribution < -0.4 is 15.0 Å². The van der Waals surface area contributed by atoms with Crippen LogP contribution in [0.4, 0.5) is 14.6 Å². The lowest BCUT2D eigenvalue weighted by Crippen LogP contribution is -2.43. The molecule has 146 valence electrons. The summed E-state index contributed by atoms with van der Waals surface area (Å²) in [5, 5.41) is 3.29. The Balaban J connectivity index is 1.60. The monoisotopic (exact) mass is 376 g/mol. The third kappa shape index (κ3) is 4.35. The molecule has 1 N–H and O–H groups in total. The average molecular weight is 376 g/mol. The highest BCUT2D eigenvalue weighted by atomic mass is 19.1. The van der Waals surface area contributed by atoms with Crippen molar-refractivity contribution < 1.29 is 13.5 Å². The van der Waals surface area contributed by atoms with Gasteiger partial charge in [-0.15, -0.1) is 0 Å². The molecule has 0 amide bonds. The fraction of sp³-hybridized carbons (Fsp3) is 0.500. The van der Waals surface area contributed by atoms with Gasteiger partial charge in [0.15, 0.2) is 11.6 Å². The van der Waals surface area contributed by atoms with Gasteiger partial charge in [-0.3, -0.25) is 0 Å². The number of benzene rings is 1. The second-order valence-electron chi connectivity index (χ2n) is 6.80. The lowest BCUT2D eigenvalue weighted by molar-refractivity contribution is 0.372. The predicted octanol–water partition coefficient (Wildman–Crippen LogP) is 3.39. The fourth-order valence-corrected chi connectivity index (χ4v) is 3.44. The molecule has 0 radical (unpaired) electrons. The molecule has 0 saturated carbocycles. The number of aromatic nitrogens is 2. The lowest BCUT2D eigenvalue weighted by Gasteiger charge is -2.34. The SMILES string of the molecule is CCc1cnc(C)nc1N1CCC(NCc2c(F)ccc(OC)c2F)CC1. The van der Waals surface area contributed by atoms with E-state index in [4.69, 9.17) is 4.74 Å².